The van der Waals surface area contributed by atoms with Crippen molar-refractivity contribution in [1.82, 2.24) is 0 Å². The van der Waals surface area contributed by atoms with E-state index in [4.69, 9.17) is 4.74 Å². The lowest BCUT2D eigenvalue weighted by atomic mass is 9.83. The molecule has 0 saturated heterocycles. The SMILES string of the molecule is CC(C(=O)O)C(c1cccc(OCC2CC(I)C2)c1)C1CC1. The highest BCUT2D eigenvalue weighted by molar-refractivity contribution is 14.1. The van der Waals surface area contributed by atoms with Gasteiger partial charge in [-0.1, -0.05) is 41.6 Å². The summed E-state index contributed by atoms with van der Waals surface area (Å²) < 4.78 is 6.75. The van der Waals surface area contributed by atoms with Crippen molar-refractivity contribution in [3.63, 3.8) is 0 Å². The van der Waals surface area contributed by atoms with Crippen LogP contribution in [0.1, 0.15) is 44.1 Å². The minimum atomic E-state index is -0.703. The zero-order chi connectivity index (χ0) is 15.7. The lowest BCUT2D eigenvalue weighted by molar-refractivity contribution is -0.142. The van der Waals surface area contributed by atoms with Gasteiger partial charge in [0.25, 0.3) is 0 Å². The summed E-state index contributed by atoms with van der Waals surface area (Å²) in [5, 5.41) is 9.37. The molecule has 1 aromatic rings. The first-order valence-electron chi connectivity index (χ1n) is 8.14. The predicted octanol–water partition coefficient (Wildman–Crippen LogP) is 4.49. The summed E-state index contributed by atoms with van der Waals surface area (Å²) >= 11 is 2.49. The Hall–Kier alpha value is -0.780. The first-order valence-corrected chi connectivity index (χ1v) is 9.38. The molecule has 4 heteroatoms. The van der Waals surface area contributed by atoms with Gasteiger partial charge in [0.05, 0.1) is 12.5 Å². The van der Waals surface area contributed by atoms with Crippen LogP contribution in [-0.4, -0.2) is 21.6 Å². The van der Waals surface area contributed by atoms with Crippen LogP contribution in [-0.2, 0) is 4.79 Å². The molecule has 0 bridgehead atoms. The van der Waals surface area contributed by atoms with Crippen LogP contribution in [0.4, 0.5) is 0 Å². The van der Waals surface area contributed by atoms with Gasteiger partial charge in [0, 0.05) is 3.92 Å². The minimum Gasteiger partial charge on any atom is -0.493 e. The van der Waals surface area contributed by atoms with E-state index >= 15 is 0 Å². The van der Waals surface area contributed by atoms with Crippen LogP contribution >= 0.6 is 22.6 Å². The number of alkyl halides is 1. The van der Waals surface area contributed by atoms with E-state index in [2.05, 4.69) is 34.7 Å². The number of carboxylic acid groups (broad SMARTS) is 1. The van der Waals surface area contributed by atoms with Gasteiger partial charge in [-0.05, 0) is 61.1 Å². The number of carboxylic acids is 1. The maximum absolute atomic E-state index is 11.4. The summed E-state index contributed by atoms with van der Waals surface area (Å²) in [7, 11) is 0. The van der Waals surface area contributed by atoms with E-state index in [0.29, 0.717) is 11.8 Å². The van der Waals surface area contributed by atoms with Gasteiger partial charge in [-0.25, -0.2) is 0 Å². The molecule has 3 rings (SSSR count). The summed E-state index contributed by atoms with van der Waals surface area (Å²) in [4.78, 5) is 11.4. The number of halogens is 1. The Morgan fingerprint density at radius 3 is 2.73 bits per heavy atom. The van der Waals surface area contributed by atoms with E-state index in [-0.39, 0.29) is 11.8 Å². The highest BCUT2D eigenvalue weighted by atomic mass is 127. The summed E-state index contributed by atoms with van der Waals surface area (Å²) in [5.41, 5.74) is 1.12. The van der Waals surface area contributed by atoms with Crippen LogP contribution in [0.5, 0.6) is 5.75 Å². The molecular formula is C18H23IO3. The predicted molar refractivity (Wildman–Crippen MR) is 94.7 cm³/mol. The molecule has 0 aromatic heterocycles. The highest BCUT2D eigenvalue weighted by Crippen LogP contribution is 2.47. The second-order valence-corrected chi connectivity index (χ2v) is 8.57. The number of hydrogen-bond acceptors (Lipinski definition) is 2. The van der Waals surface area contributed by atoms with Crippen molar-refractivity contribution < 1.29 is 14.6 Å². The van der Waals surface area contributed by atoms with Crippen LogP contribution < -0.4 is 4.74 Å². The van der Waals surface area contributed by atoms with Gasteiger partial charge < -0.3 is 9.84 Å². The van der Waals surface area contributed by atoms with E-state index in [1.165, 1.54) is 12.8 Å². The van der Waals surface area contributed by atoms with Crippen LogP contribution in [0.2, 0.25) is 0 Å². The molecule has 2 fully saturated rings. The van der Waals surface area contributed by atoms with Gasteiger partial charge in [0.15, 0.2) is 0 Å². The number of ether oxygens (including phenoxy) is 1. The molecule has 2 unspecified atom stereocenters. The monoisotopic (exact) mass is 414 g/mol. The van der Waals surface area contributed by atoms with Crippen molar-refractivity contribution in [1.29, 1.82) is 0 Å². The zero-order valence-electron chi connectivity index (χ0n) is 12.9. The molecule has 1 aromatic carbocycles. The molecule has 0 amide bonds. The van der Waals surface area contributed by atoms with Crippen LogP contribution in [0.25, 0.3) is 0 Å². The zero-order valence-corrected chi connectivity index (χ0v) is 15.0. The second kappa shape index (κ2) is 6.77. The number of rotatable bonds is 7. The number of carbonyl (C=O) groups is 1. The quantitative estimate of drug-likeness (QED) is 0.528. The Labute approximate surface area is 145 Å². The maximum Gasteiger partial charge on any atom is 0.306 e. The molecule has 0 radical (unpaired) electrons. The van der Waals surface area contributed by atoms with E-state index < -0.39 is 5.97 Å². The lowest BCUT2D eigenvalue weighted by Crippen LogP contribution is -2.28. The van der Waals surface area contributed by atoms with Gasteiger partial charge >= 0.3 is 5.97 Å². The molecule has 2 saturated carbocycles. The molecule has 0 heterocycles. The first-order chi connectivity index (χ1) is 10.5. The summed E-state index contributed by atoms with van der Waals surface area (Å²) in [5.74, 6) is 1.16. The molecule has 2 aliphatic carbocycles. The summed E-state index contributed by atoms with van der Waals surface area (Å²) in [6.07, 6.45) is 4.79. The molecule has 22 heavy (non-hydrogen) atoms. The fourth-order valence-corrected chi connectivity index (χ4v) is 4.83. The van der Waals surface area contributed by atoms with E-state index in [9.17, 15) is 9.90 Å². The van der Waals surface area contributed by atoms with Gasteiger partial charge in [0.2, 0.25) is 0 Å². The Kier molecular flexibility index (Phi) is 4.95. The van der Waals surface area contributed by atoms with E-state index in [1.54, 1.807) is 0 Å². The van der Waals surface area contributed by atoms with Crippen molar-refractivity contribution >= 4 is 28.6 Å². The Balaban J connectivity index is 1.67. The molecule has 0 spiro atoms. The Bertz CT molecular complexity index is 535. The average Bonchev–Trinajstić information content (AvgIpc) is 3.27. The standard InChI is InChI=1S/C18H23IO3/c1-11(18(20)21)17(13-5-6-13)14-3-2-4-16(9-14)22-10-12-7-15(19)8-12/h2-4,9,11-13,15,17H,5-8,10H2,1H3,(H,20,21). The fraction of sp³-hybridized carbons (Fsp3) is 0.611. The molecule has 3 nitrogen and oxygen atoms in total. The smallest absolute Gasteiger partial charge is 0.306 e. The van der Waals surface area contributed by atoms with Gasteiger partial charge in [0.1, 0.15) is 5.75 Å². The van der Waals surface area contributed by atoms with Crippen molar-refractivity contribution in [3.05, 3.63) is 29.8 Å². The van der Waals surface area contributed by atoms with Crippen molar-refractivity contribution in [2.45, 2.75) is 42.4 Å². The third-order valence-corrected chi connectivity index (χ3v) is 5.98. The molecule has 0 aliphatic heterocycles. The third kappa shape index (κ3) is 3.76. The molecule has 2 aliphatic rings. The topological polar surface area (TPSA) is 46.5 Å². The van der Waals surface area contributed by atoms with Crippen LogP contribution in [0.15, 0.2) is 24.3 Å². The van der Waals surface area contributed by atoms with Gasteiger partial charge in [-0.2, -0.15) is 0 Å². The molecule has 1 N–H and O–H groups in total. The third-order valence-electron chi connectivity index (χ3n) is 4.96. The number of benzene rings is 1. The second-order valence-electron chi connectivity index (χ2n) is 6.81. The largest absolute Gasteiger partial charge is 0.493 e. The Morgan fingerprint density at radius 1 is 1.41 bits per heavy atom. The first kappa shape index (κ1) is 16.1. The van der Waals surface area contributed by atoms with Crippen molar-refractivity contribution in [2.24, 2.45) is 17.8 Å². The maximum atomic E-state index is 11.4. The van der Waals surface area contributed by atoms with E-state index in [1.807, 2.05) is 19.1 Å². The minimum absolute atomic E-state index is 0.114. The number of aliphatic carboxylic acids is 1. The molecule has 120 valence electrons. The normalized spacial score (nSPS) is 26.8. The van der Waals surface area contributed by atoms with Crippen LogP contribution in [0.3, 0.4) is 0 Å². The average molecular weight is 414 g/mol. The fourth-order valence-electron chi connectivity index (χ4n) is 3.39. The number of hydrogen-bond donors (Lipinski definition) is 1. The Morgan fingerprint density at radius 2 is 2.14 bits per heavy atom. The highest BCUT2D eigenvalue weighted by Gasteiger charge is 2.38. The van der Waals surface area contributed by atoms with Gasteiger partial charge in [-0.3, -0.25) is 4.79 Å². The van der Waals surface area contributed by atoms with Gasteiger partial charge in [-0.15, -0.1) is 0 Å². The lowest BCUT2D eigenvalue weighted by Gasteiger charge is -2.31. The van der Waals surface area contributed by atoms with E-state index in [0.717, 1.165) is 34.7 Å². The summed E-state index contributed by atoms with van der Waals surface area (Å²) in [6.45, 7) is 2.61. The molecular weight excluding hydrogens is 391 g/mol. The van der Waals surface area contributed by atoms with Crippen molar-refractivity contribution in [2.75, 3.05) is 6.61 Å². The summed E-state index contributed by atoms with van der Waals surface area (Å²) in [6, 6.07) is 8.09. The molecule has 2 atom stereocenters. The van der Waals surface area contributed by atoms with Crippen LogP contribution in [0, 0.1) is 17.8 Å². The van der Waals surface area contributed by atoms with Crippen molar-refractivity contribution in [3.8, 4) is 5.75 Å².